The highest BCUT2D eigenvalue weighted by atomic mass is 19.1. The van der Waals surface area contributed by atoms with Crippen molar-refractivity contribution in [2.45, 2.75) is 57.7 Å². The lowest BCUT2D eigenvalue weighted by molar-refractivity contribution is -0.138. The maximum atomic E-state index is 14.0. The van der Waals surface area contributed by atoms with Crippen molar-refractivity contribution in [2.75, 3.05) is 13.6 Å². The van der Waals surface area contributed by atoms with Crippen molar-refractivity contribution < 1.29 is 23.8 Å². The molecule has 7 heteroatoms. The Hall–Kier alpha value is -3.09. The number of rotatable bonds is 4. The standard InChI is InChI=1S/C26H31FN2O4/c1-24(2,3)26(13-12-25(29(26)23(31)32)14-15-28(4)22(25)30)19-9-7-10-20(16-19)33-17-18-8-5-6-11-21(18)27/h5-11,16H,12-15,17H2,1-4H3,(H,31,32)/t25-,26+/m1/s1. The second-order valence-electron chi connectivity index (χ2n) is 10.1. The molecule has 1 spiro atoms. The number of carbonyl (C=O) groups excluding carboxylic acids is 1. The summed E-state index contributed by atoms with van der Waals surface area (Å²) in [6, 6.07) is 13.8. The lowest BCUT2D eigenvalue weighted by atomic mass is 9.67. The molecule has 4 rings (SSSR count). The van der Waals surface area contributed by atoms with E-state index < -0.39 is 22.6 Å². The smallest absolute Gasteiger partial charge is 0.408 e. The Morgan fingerprint density at radius 1 is 1.12 bits per heavy atom. The molecule has 2 saturated heterocycles. The second-order valence-corrected chi connectivity index (χ2v) is 10.1. The number of likely N-dealkylation sites (N-methyl/N-ethyl adjacent to an activating group) is 1. The van der Waals surface area contributed by atoms with Crippen LogP contribution in [0.1, 0.15) is 51.2 Å². The van der Waals surface area contributed by atoms with Crippen molar-refractivity contribution in [3.8, 4) is 5.75 Å². The lowest BCUT2D eigenvalue weighted by Gasteiger charge is -2.50. The molecule has 1 N–H and O–H groups in total. The Morgan fingerprint density at radius 2 is 1.85 bits per heavy atom. The highest BCUT2D eigenvalue weighted by Crippen LogP contribution is 2.59. The van der Waals surface area contributed by atoms with Crippen LogP contribution in [0.25, 0.3) is 0 Å². The van der Waals surface area contributed by atoms with E-state index in [9.17, 15) is 19.1 Å². The van der Waals surface area contributed by atoms with Gasteiger partial charge in [-0.05, 0) is 48.4 Å². The van der Waals surface area contributed by atoms with Gasteiger partial charge in [-0.2, -0.15) is 0 Å². The van der Waals surface area contributed by atoms with Crippen molar-refractivity contribution in [1.29, 1.82) is 0 Å². The molecule has 0 saturated carbocycles. The molecule has 2 aliphatic rings. The number of nitrogens with zero attached hydrogens (tertiary/aromatic N) is 2. The summed E-state index contributed by atoms with van der Waals surface area (Å²) in [5, 5.41) is 10.4. The van der Waals surface area contributed by atoms with Crippen LogP contribution < -0.4 is 4.74 Å². The van der Waals surface area contributed by atoms with Gasteiger partial charge in [0.05, 0.1) is 5.54 Å². The van der Waals surface area contributed by atoms with E-state index in [4.69, 9.17) is 4.74 Å². The molecule has 0 aliphatic carbocycles. The fraction of sp³-hybridized carbons (Fsp3) is 0.462. The summed E-state index contributed by atoms with van der Waals surface area (Å²) in [5.41, 5.74) is -1.25. The summed E-state index contributed by atoms with van der Waals surface area (Å²) in [6.07, 6.45) is 0.388. The largest absolute Gasteiger partial charge is 0.489 e. The van der Waals surface area contributed by atoms with E-state index >= 15 is 0 Å². The molecule has 176 valence electrons. The summed E-state index contributed by atoms with van der Waals surface area (Å²) in [5.74, 6) is 0.0574. The molecular weight excluding hydrogens is 423 g/mol. The minimum Gasteiger partial charge on any atom is -0.489 e. The lowest BCUT2D eigenvalue weighted by Crippen LogP contribution is -2.62. The van der Waals surface area contributed by atoms with Gasteiger partial charge in [0.15, 0.2) is 0 Å². The van der Waals surface area contributed by atoms with Crippen LogP contribution in [0.5, 0.6) is 5.75 Å². The minimum atomic E-state index is -1.09. The number of hydrogen-bond acceptors (Lipinski definition) is 3. The number of likely N-dealkylation sites (tertiary alicyclic amines) is 2. The number of amides is 2. The van der Waals surface area contributed by atoms with Gasteiger partial charge in [0, 0.05) is 19.2 Å². The third-order valence-electron chi connectivity index (χ3n) is 7.41. The molecule has 2 fully saturated rings. The molecule has 0 radical (unpaired) electrons. The van der Waals surface area contributed by atoms with Gasteiger partial charge in [0.1, 0.15) is 23.7 Å². The number of hydrogen-bond donors (Lipinski definition) is 1. The van der Waals surface area contributed by atoms with Gasteiger partial charge < -0.3 is 14.7 Å². The maximum Gasteiger partial charge on any atom is 0.408 e. The second kappa shape index (κ2) is 8.04. The number of benzene rings is 2. The fourth-order valence-corrected chi connectivity index (χ4v) is 5.72. The Bertz CT molecular complexity index is 1080. The number of carbonyl (C=O) groups is 2. The molecule has 6 nitrogen and oxygen atoms in total. The summed E-state index contributed by atoms with van der Waals surface area (Å²) >= 11 is 0. The number of halogens is 1. The molecule has 2 aliphatic heterocycles. The van der Waals surface area contributed by atoms with Crippen LogP contribution in [0, 0.1) is 11.2 Å². The predicted molar refractivity (Wildman–Crippen MR) is 122 cm³/mol. The summed E-state index contributed by atoms with van der Waals surface area (Å²) in [6.45, 7) is 6.64. The van der Waals surface area contributed by atoms with Gasteiger partial charge in [-0.3, -0.25) is 9.69 Å². The van der Waals surface area contributed by atoms with Crippen LogP contribution >= 0.6 is 0 Å². The van der Waals surface area contributed by atoms with E-state index in [2.05, 4.69) is 0 Å². The van der Waals surface area contributed by atoms with E-state index in [0.717, 1.165) is 5.56 Å². The number of ether oxygens (including phenoxy) is 1. The van der Waals surface area contributed by atoms with Gasteiger partial charge in [-0.15, -0.1) is 0 Å². The average Bonchev–Trinajstić information content (AvgIpc) is 3.27. The first kappa shape index (κ1) is 23.1. The predicted octanol–water partition coefficient (Wildman–Crippen LogP) is 5.02. The SMILES string of the molecule is CN1CC[C@]2(CC[C@](c3cccc(OCc4ccccc4F)c3)(C(C)(C)C)N2C(=O)O)C1=O. The molecular formula is C26H31FN2O4. The van der Waals surface area contributed by atoms with Gasteiger partial charge in [0.25, 0.3) is 0 Å². The molecule has 2 heterocycles. The van der Waals surface area contributed by atoms with Crippen LogP contribution in [0.15, 0.2) is 48.5 Å². The minimum absolute atomic E-state index is 0.0640. The molecule has 2 aromatic carbocycles. The van der Waals surface area contributed by atoms with Gasteiger partial charge >= 0.3 is 6.09 Å². The topological polar surface area (TPSA) is 70.1 Å². The van der Waals surface area contributed by atoms with Crippen LogP contribution in [0.4, 0.5) is 9.18 Å². The first-order valence-electron chi connectivity index (χ1n) is 11.3. The Kier molecular flexibility index (Phi) is 5.63. The monoisotopic (exact) mass is 454 g/mol. The van der Waals surface area contributed by atoms with Crippen molar-refractivity contribution in [3.63, 3.8) is 0 Å². The Labute approximate surface area is 194 Å². The van der Waals surface area contributed by atoms with Gasteiger partial charge in [-0.25, -0.2) is 9.18 Å². The molecule has 2 amide bonds. The van der Waals surface area contributed by atoms with Crippen molar-refractivity contribution in [3.05, 3.63) is 65.5 Å². The Morgan fingerprint density at radius 3 is 2.45 bits per heavy atom. The zero-order valence-electron chi connectivity index (χ0n) is 19.6. The first-order chi connectivity index (χ1) is 15.5. The highest BCUT2D eigenvalue weighted by molar-refractivity contribution is 5.92. The maximum absolute atomic E-state index is 14.0. The quantitative estimate of drug-likeness (QED) is 0.704. The van der Waals surface area contributed by atoms with E-state index in [1.807, 2.05) is 39.0 Å². The van der Waals surface area contributed by atoms with E-state index in [1.165, 1.54) is 11.0 Å². The average molecular weight is 455 g/mol. The fourth-order valence-electron chi connectivity index (χ4n) is 5.72. The number of carboxylic acid groups (broad SMARTS) is 1. The van der Waals surface area contributed by atoms with E-state index in [1.54, 1.807) is 36.2 Å². The van der Waals surface area contributed by atoms with Crippen LogP contribution in [0.3, 0.4) is 0 Å². The summed E-state index contributed by atoms with van der Waals surface area (Å²) < 4.78 is 19.9. The molecule has 0 unspecified atom stereocenters. The third-order valence-corrected chi connectivity index (χ3v) is 7.41. The summed E-state index contributed by atoms with van der Waals surface area (Å²) in [7, 11) is 1.73. The molecule has 0 bridgehead atoms. The van der Waals surface area contributed by atoms with Crippen LogP contribution in [0.2, 0.25) is 0 Å². The van der Waals surface area contributed by atoms with E-state index in [0.29, 0.717) is 37.1 Å². The summed E-state index contributed by atoms with van der Waals surface area (Å²) in [4.78, 5) is 29.0. The normalized spacial score (nSPS) is 25.2. The van der Waals surface area contributed by atoms with Crippen LogP contribution in [-0.2, 0) is 16.9 Å². The molecule has 0 aromatic heterocycles. The van der Waals surface area contributed by atoms with Crippen molar-refractivity contribution >= 4 is 12.0 Å². The van der Waals surface area contributed by atoms with Crippen molar-refractivity contribution in [2.24, 2.45) is 5.41 Å². The van der Waals surface area contributed by atoms with E-state index in [-0.39, 0.29) is 18.3 Å². The molecule has 2 aromatic rings. The highest BCUT2D eigenvalue weighted by Gasteiger charge is 2.67. The molecule has 33 heavy (non-hydrogen) atoms. The third kappa shape index (κ3) is 3.54. The van der Waals surface area contributed by atoms with Gasteiger partial charge in [-0.1, -0.05) is 51.1 Å². The molecule has 2 atom stereocenters. The first-order valence-corrected chi connectivity index (χ1v) is 11.3. The Balaban J connectivity index is 1.76. The van der Waals surface area contributed by atoms with Crippen LogP contribution in [-0.4, -0.2) is 46.0 Å². The zero-order chi connectivity index (χ0) is 24.0. The van der Waals surface area contributed by atoms with Gasteiger partial charge in [0.2, 0.25) is 5.91 Å². The zero-order valence-corrected chi connectivity index (χ0v) is 19.6. The van der Waals surface area contributed by atoms with Crippen molar-refractivity contribution in [1.82, 2.24) is 9.80 Å².